The van der Waals surface area contributed by atoms with Gasteiger partial charge in [-0.05, 0) is 5.56 Å². The van der Waals surface area contributed by atoms with Crippen LogP contribution in [0.4, 0.5) is 0 Å². The van der Waals surface area contributed by atoms with Gasteiger partial charge in [0.25, 0.3) is 10.1 Å². The van der Waals surface area contributed by atoms with Crippen LogP contribution in [0.5, 0.6) is 0 Å². The van der Waals surface area contributed by atoms with E-state index in [9.17, 15) is 8.42 Å². The highest BCUT2D eigenvalue weighted by Gasteiger charge is 2.11. The molecule has 0 N–H and O–H groups in total. The number of ether oxygens (including phenoxy) is 1. The van der Waals surface area contributed by atoms with Crippen LogP contribution in [0.1, 0.15) is 5.56 Å². The zero-order chi connectivity index (χ0) is 11.1. The van der Waals surface area contributed by atoms with Gasteiger partial charge >= 0.3 is 0 Å². The molecule has 0 fully saturated rings. The molecule has 0 bridgehead atoms. The minimum absolute atomic E-state index is 0.0612. The summed E-state index contributed by atoms with van der Waals surface area (Å²) in [5.41, 5.74) is 0.718. The van der Waals surface area contributed by atoms with Crippen molar-refractivity contribution in [1.29, 1.82) is 0 Å². The van der Waals surface area contributed by atoms with Gasteiger partial charge in [-0.1, -0.05) is 30.3 Å². The molecule has 0 aliphatic heterocycles. The van der Waals surface area contributed by atoms with Crippen molar-refractivity contribution in [3.05, 3.63) is 35.9 Å². The molecule has 0 heterocycles. The van der Waals surface area contributed by atoms with E-state index in [2.05, 4.69) is 0 Å². The molecule has 0 aromatic heterocycles. The van der Waals surface area contributed by atoms with Gasteiger partial charge in [0, 0.05) is 7.11 Å². The Labute approximate surface area is 90.0 Å². The van der Waals surface area contributed by atoms with Crippen molar-refractivity contribution >= 4 is 10.1 Å². The summed E-state index contributed by atoms with van der Waals surface area (Å²) in [6.07, 6.45) is 0. The van der Waals surface area contributed by atoms with Crippen molar-refractivity contribution < 1.29 is 17.3 Å². The lowest BCUT2D eigenvalue weighted by Gasteiger charge is -2.04. The fourth-order valence-electron chi connectivity index (χ4n) is 1.06. The average Bonchev–Trinajstić information content (AvgIpc) is 2.18. The molecular formula is C10H14O4S. The lowest BCUT2D eigenvalue weighted by atomic mass is 10.2. The molecule has 1 aromatic carbocycles. The average molecular weight is 230 g/mol. The number of hydrogen-bond donors (Lipinski definition) is 0. The number of methoxy groups -OCH3 is 1. The fraction of sp³-hybridized carbons (Fsp3) is 0.400. The second-order valence-corrected chi connectivity index (χ2v) is 4.64. The Morgan fingerprint density at radius 3 is 2.40 bits per heavy atom. The summed E-state index contributed by atoms with van der Waals surface area (Å²) >= 11 is 0. The zero-order valence-electron chi connectivity index (χ0n) is 8.55. The summed E-state index contributed by atoms with van der Waals surface area (Å²) in [5.74, 6) is -0.0996. The van der Waals surface area contributed by atoms with E-state index in [0.717, 1.165) is 5.56 Å². The summed E-state index contributed by atoms with van der Waals surface area (Å²) in [7, 11) is -1.99. The van der Waals surface area contributed by atoms with Crippen molar-refractivity contribution in [2.45, 2.75) is 5.75 Å². The van der Waals surface area contributed by atoms with Crippen LogP contribution < -0.4 is 0 Å². The third-order valence-corrected chi connectivity index (χ3v) is 2.95. The van der Waals surface area contributed by atoms with Gasteiger partial charge in [-0.25, -0.2) is 0 Å². The van der Waals surface area contributed by atoms with Crippen LogP contribution in [0.25, 0.3) is 0 Å². The van der Waals surface area contributed by atoms with E-state index in [1.54, 1.807) is 24.3 Å². The van der Waals surface area contributed by atoms with E-state index in [1.807, 2.05) is 6.07 Å². The van der Waals surface area contributed by atoms with Crippen LogP contribution in [-0.2, 0) is 24.8 Å². The van der Waals surface area contributed by atoms with Gasteiger partial charge in [0.15, 0.2) is 0 Å². The summed E-state index contributed by atoms with van der Waals surface area (Å²) < 4.78 is 32.2. The van der Waals surface area contributed by atoms with Gasteiger partial charge in [0.05, 0.1) is 13.2 Å². The molecule has 5 heteroatoms. The third kappa shape index (κ3) is 4.92. The summed E-state index contributed by atoms with van der Waals surface area (Å²) in [5, 5.41) is 0. The van der Waals surface area contributed by atoms with Crippen molar-refractivity contribution in [3.63, 3.8) is 0 Å². The molecule has 4 nitrogen and oxygen atoms in total. The predicted molar refractivity (Wildman–Crippen MR) is 56.9 cm³/mol. The Balaban J connectivity index is 2.50. The normalized spacial score (nSPS) is 11.5. The Morgan fingerprint density at radius 1 is 1.13 bits per heavy atom. The maximum atomic E-state index is 11.4. The minimum Gasteiger partial charge on any atom is -0.382 e. The van der Waals surface area contributed by atoms with Gasteiger partial charge in [0.1, 0.15) is 5.75 Å². The molecule has 0 saturated heterocycles. The molecule has 0 aliphatic carbocycles. The van der Waals surface area contributed by atoms with E-state index < -0.39 is 10.1 Å². The Hall–Kier alpha value is -0.910. The fourth-order valence-corrected chi connectivity index (χ4v) is 2.07. The Morgan fingerprint density at radius 2 is 1.80 bits per heavy atom. The first-order valence-corrected chi connectivity index (χ1v) is 6.12. The Bertz CT molecular complexity index is 372. The van der Waals surface area contributed by atoms with E-state index in [1.165, 1.54) is 7.11 Å². The lowest BCUT2D eigenvalue weighted by Crippen LogP contribution is -2.12. The molecule has 0 aliphatic rings. The molecule has 0 radical (unpaired) electrons. The van der Waals surface area contributed by atoms with Gasteiger partial charge in [0.2, 0.25) is 0 Å². The lowest BCUT2D eigenvalue weighted by molar-refractivity contribution is 0.149. The molecule has 15 heavy (non-hydrogen) atoms. The van der Waals surface area contributed by atoms with Crippen molar-refractivity contribution in [2.75, 3.05) is 20.3 Å². The summed E-state index contributed by atoms with van der Waals surface area (Å²) in [4.78, 5) is 0. The molecule has 84 valence electrons. The van der Waals surface area contributed by atoms with Gasteiger partial charge in [-0.15, -0.1) is 0 Å². The van der Waals surface area contributed by atoms with Crippen LogP contribution in [0, 0.1) is 0 Å². The minimum atomic E-state index is -3.49. The third-order valence-electron chi connectivity index (χ3n) is 1.74. The largest absolute Gasteiger partial charge is 0.382 e. The first-order chi connectivity index (χ1) is 7.14. The quantitative estimate of drug-likeness (QED) is 0.544. The highest BCUT2D eigenvalue weighted by molar-refractivity contribution is 7.85. The predicted octanol–water partition coefficient (Wildman–Crippen LogP) is 1.18. The van der Waals surface area contributed by atoms with Crippen LogP contribution >= 0.6 is 0 Å². The van der Waals surface area contributed by atoms with Crippen LogP contribution in [0.3, 0.4) is 0 Å². The van der Waals surface area contributed by atoms with E-state index in [4.69, 9.17) is 8.92 Å². The standard InChI is InChI=1S/C10H14O4S/c1-13-7-8-14-15(11,12)9-10-5-3-2-4-6-10/h2-6H,7-9H2,1H3. The van der Waals surface area contributed by atoms with E-state index in [0.29, 0.717) is 0 Å². The molecule has 1 aromatic rings. The van der Waals surface area contributed by atoms with Crippen LogP contribution in [-0.4, -0.2) is 28.7 Å². The topological polar surface area (TPSA) is 52.6 Å². The summed E-state index contributed by atoms with van der Waals surface area (Å²) in [6, 6.07) is 8.91. The van der Waals surface area contributed by atoms with Crippen molar-refractivity contribution in [2.24, 2.45) is 0 Å². The molecule has 0 atom stereocenters. The summed E-state index contributed by atoms with van der Waals surface area (Å²) in [6.45, 7) is 0.333. The van der Waals surface area contributed by atoms with Gasteiger partial charge in [-0.3, -0.25) is 4.18 Å². The molecule has 0 saturated carbocycles. The number of benzene rings is 1. The molecule has 1 rings (SSSR count). The highest BCUT2D eigenvalue weighted by Crippen LogP contribution is 2.06. The molecular weight excluding hydrogens is 216 g/mol. The number of rotatable bonds is 6. The van der Waals surface area contributed by atoms with Gasteiger partial charge < -0.3 is 4.74 Å². The first kappa shape index (κ1) is 12.2. The second kappa shape index (κ2) is 5.85. The second-order valence-electron chi connectivity index (χ2n) is 3.00. The maximum absolute atomic E-state index is 11.4. The molecule has 0 unspecified atom stereocenters. The van der Waals surface area contributed by atoms with Crippen molar-refractivity contribution in [1.82, 2.24) is 0 Å². The van der Waals surface area contributed by atoms with E-state index >= 15 is 0 Å². The molecule has 0 amide bonds. The maximum Gasteiger partial charge on any atom is 0.271 e. The Kier molecular flexibility index (Phi) is 4.74. The van der Waals surface area contributed by atoms with E-state index in [-0.39, 0.29) is 19.0 Å². The SMILES string of the molecule is COCCOS(=O)(=O)Cc1ccccc1. The highest BCUT2D eigenvalue weighted by atomic mass is 32.2. The first-order valence-electron chi connectivity index (χ1n) is 4.54. The monoisotopic (exact) mass is 230 g/mol. The molecule has 0 spiro atoms. The van der Waals surface area contributed by atoms with Crippen LogP contribution in [0.15, 0.2) is 30.3 Å². The number of hydrogen-bond acceptors (Lipinski definition) is 4. The smallest absolute Gasteiger partial charge is 0.271 e. The zero-order valence-corrected chi connectivity index (χ0v) is 9.37. The van der Waals surface area contributed by atoms with Crippen molar-refractivity contribution in [3.8, 4) is 0 Å². The van der Waals surface area contributed by atoms with Gasteiger partial charge in [-0.2, -0.15) is 8.42 Å². The van der Waals surface area contributed by atoms with Crippen LogP contribution in [0.2, 0.25) is 0 Å².